The van der Waals surface area contributed by atoms with Crippen LogP contribution < -0.4 is 4.90 Å². The topological polar surface area (TPSA) is 53.8 Å². The summed E-state index contributed by atoms with van der Waals surface area (Å²) in [5.74, 6) is 0.702. The first-order chi connectivity index (χ1) is 15.2. The highest BCUT2D eigenvalue weighted by Crippen LogP contribution is 2.25. The Kier molecular flexibility index (Phi) is 6.62. The van der Waals surface area contributed by atoms with E-state index in [2.05, 4.69) is 0 Å². The van der Waals surface area contributed by atoms with Gasteiger partial charge in [-0.15, -0.1) is 0 Å². The van der Waals surface area contributed by atoms with Gasteiger partial charge in [0.1, 0.15) is 5.76 Å². The molecule has 2 amide bonds. The predicted molar refractivity (Wildman–Crippen MR) is 121 cm³/mol. The lowest BCUT2D eigenvalue weighted by molar-refractivity contribution is -0.131. The smallest absolute Gasteiger partial charge is 0.246 e. The van der Waals surface area contributed by atoms with Gasteiger partial charge in [0, 0.05) is 30.8 Å². The van der Waals surface area contributed by atoms with Crippen LogP contribution >= 0.6 is 0 Å². The molecule has 1 fully saturated rings. The first-order valence-electron chi connectivity index (χ1n) is 10.6. The molecule has 0 radical (unpaired) electrons. The van der Waals surface area contributed by atoms with E-state index in [0.717, 1.165) is 17.0 Å². The molecule has 31 heavy (non-hydrogen) atoms. The first kappa shape index (κ1) is 20.7. The summed E-state index contributed by atoms with van der Waals surface area (Å²) in [5, 5.41) is 0. The van der Waals surface area contributed by atoms with Gasteiger partial charge < -0.3 is 14.2 Å². The number of piperidine rings is 1. The second-order valence-corrected chi connectivity index (χ2v) is 7.68. The summed E-state index contributed by atoms with van der Waals surface area (Å²) in [6, 6.07) is 23.2. The van der Waals surface area contributed by atoms with Gasteiger partial charge in [0.2, 0.25) is 11.8 Å². The molecule has 0 spiro atoms. The van der Waals surface area contributed by atoms with Crippen LogP contribution in [0.3, 0.4) is 0 Å². The average Bonchev–Trinajstić information content (AvgIpc) is 3.35. The Labute approximate surface area is 182 Å². The number of anilines is 1. The van der Waals surface area contributed by atoms with E-state index in [1.807, 2.05) is 83.8 Å². The molecular formula is C26H26N2O3. The number of carbonyl (C=O) groups is 2. The van der Waals surface area contributed by atoms with Gasteiger partial charge >= 0.3 is 0 Å². The van der Waals surface area contributed by atoms with Gasteiger partial charge in [-0.2, -0.15) is 0 Å². The maximum absolute atomic E-state index is 13.4. The van der Waals surface area contributed by atoms with Crippen LogP contribution in [0.15, 0.2) is 89.6 Å². The predicted octanol–water partition coefficient (Wildman–Crippen LogP) is 4.76. The van der Waals surface area contributed by atoms with E-state index in [4.69, 9.17) is 4.42 Å². The van der Waals surface area contributed by atoms with E-state index in [1.54, 1.807) is 17.2 Å². The van der Waals surface area contributed by atoms with Crippen molar-refractivity contribution in [1.82, 2.24) is 4.90 Å². The van der Waals surface area contributed by atoms with Crippen molar-refractivity contribution >= 4 is 23.6 Å². The van der Waals surface area contributed by atoms with Gasteiger partial charge in [-0.1, -0.05) is 48.5 Å². The van der Waals surface area contributed by atoms with Gasteiger partial charge in [0.25, 0.3) is 0 Å². The zero-order chi connectivity index (χ0) is 21.5. The number of hydrogen-bond acceptors (Lipinski definition) is 3. The molecule has 4 rings (SSSR count). The zero-order valence-electron chi connectivity index (χ0n) is 17.4. The van der Waals surface area contributed by atoms with Crippen LogP contribution in [-0.2, 0) is 16.1 Å². The van der Waals surface area contributed by atoms with E-state index >= 15 is 0 Å². The number of amides is 2. The lowest BCUT2D eigenvalue weighted by atomic mass is 9.94. The second-order valence-electron chi connectivity index (χ2n) is 7.68. The van der Waals surface area contributed by atoms with Gasteiger partial charge in [-0.25, -0.2) is 0 Å². The Balaban J connectivity index is 1.39. The van der Waals surface area contributed by atoms with Crippen LogP contribution in [0, 0.1) is 5.92 Å². The van der Waals surface area contributed by atoms with E-state index in [0.29, 0.717) is 32.5 Å². The number of benzene rings is 2. The van der Waals surface area contributed by atoms with Crippen LogP contribution in [0.25, 0.3) is 6.08 Å². The molecule has 1 aromatic heterocycles. The Morgan fingerprint density at radius 2 is 1.61 bits per heavy atom. The van der Waals surface area contributed by atoms with Crippen molar-refractivity contribution in [3.63, 3.8) is 0 Å². The molecule has 5 heteroatoms. The van der Waals surface area contributed by atoms with Crippen molar-refractivity contribution in [2.75, 3.05) is 18.0 Å². The molecule has 1 saturated heterocycles. The van der Waals surface area contributed by atoms with Crippen molar-refractivity contribution in [3.8, 4) is 0 Å². The molecule has 2 heterocycles. The molecule has 2 aromatic carbocycles. The number of furan rings is 1. The molecule has 0 N–H and O–H groups in total. The van der Waals surface area contributed by atoms with Crippen molar-refractivity contribution < 1.29 is 14.0 Å². The highest BCUT2D eigenvalue weighted by Gasteiger charge is 2.30. The van der Waals surface area contributed by atoms with E-state index in [1.165, 1.54) is 0 Å². The summed E-state index contributed by atoms with van der Waals surface area (Å²) < 4.78 is 5.48. The summed E-state index contributed by atoms with van der Waals surface area (Å²) >= 11 is 0. The number of likely N-dealkylation sites (tertiary alicyclic amines) is 1. The summed E-state index contributed by atoms with van der Waals surface area (Å²) in [6.07, 6.45) is 6.39. The minimum Gasteiger partial charge on any atom is -0.467 e. The van der Waals surface area contributed by atoms with Crippen LogP contribution in [0.1, 0.15) is 24.2 Å². The highest BCUT2D eigenvalue weighted by atomic mass is 16.3. The summed E-state index contributed by atoms with van der Waals surface area (Å²) in [7, 11) is 0. The van der Waals surface area contributed by atoms with Crippen molar-refractivity contribution in [2.24, 2.45) is 5.92 Å². The summed E-state index contributed by atoms with van der Waals surface area (Å²) in [4.78, 5) is 29.5. The Morgan fingerprint density at radius 3 is 2.26 bits per heavy atom. The molecule has 0 aliphatic carbocycles. The molecule has 1 aliphatic rings. The minimum atomic E-state index is -0.114. The zero-order valence-corrected chi connectivity index (χ0v) is 17.4. The average molecular weight is 415 g/mol. The van der Waals surface area contributed by atoms with E-state index in [9.17, 15) is 9.59 Å². The Hall–Kier alpha value is -3.60. The third kappa shape index (κ3) is 5.31. The standard InChI is InChI=1S/C26H26N2O3/c29-25(14-13-21-8-3-1-4-9-21)27-17-15-22(16-18-27)26(30)28(20-24-12-7-19-31-24)23-10-5-2-6-11-23/h1-14,19,22H,15-18,20H2/b14-13+. The van der Waals surface area contributed by atoms with Crippen molar-refractivity contribution in [2.45, 2.75) is 19.4 Å². The SMILES string of the molecule is O=C(/C=C/c1ccccc1)N1CCC(C(=O)N(Cc2ccco2)c2ccccc2)CC1. The largest absolute Gasteiger partial charge is 0.467 e. The lowest BCUT2D eigenvalue weighted by Gasteiger charge is -2.33. The molecule has 5 nitrogen and oxygen atoms in total. The van der Waals surface area contributed by atoms with E-state index < -0.39 is 0 Å². The molecule has 0 bridgehead atoms. The summed E-state index contributed by atoms with van der Waals surface area (Å²) in [5.41, 5.74) is 1.85. The van der Waals surface area contributed by atoms with Gasteiger partial charge in [0.05, 0.1) is 12.8 Å². The summed E-state index contributed by atoms with van der Waals surface area (Å²) in [6.45, 7) is 1.56. The molecule has 0 unspecified atom stereocenters. The number of rotatable bonds is 6. The maximum Gasteiger partial charge on any atom is 0.246 e. The van der Waals surface area contributed by atoms with Crippen LogP contribution in [0.2, 0.25) is 0 Å². The Morgan fingerprint density at radius 1 is 0.935 bits per heavy atom. The molecule has 1 aliphatic heterocycles. The number of para-hydroxylation sites is 1. The quantitative estimate of drug-likeness (QED) is 0.546. The molecule has 3 aromatic rings. The van der Waals surface area contributed by atoms with Crippen LogP contribution in [0.4, 0.5) is 5.69 Å². The van der Waals surface area contributed by atoms with Gasteiger partial charge in [-0.3, -0.25) is 9.59 Å². The number of nitrogens with zero attached hydrogens (tertiary/aromatic N) is 2. The molecule has 0 saturated carbocycles. The lowest BCUT2D eigenvalue weighted by Crippen LogP contribution is -2.44. The third-order valence-electron chi connectivity index (χ3n) is 5.60. The fourth-order valence-corrected chi connectivity index (χ4v) is 3.87. The molecule has 158 valence electrons. The second kappa shape index (κ2) is 9.94. The van der Waals surface area contributed by atoms with Gasteiger partial charge in [0.15, 0.2) is 0 Å². The normalized spacial score (nSPS) is 14.6. The third-order valence-corrected chi connectivity index (χ3v) is 5.60. The van der Waals surface area contributed by atoms with Crippen molar-refractivity contribution in [1.29, 1.82) is 0 Å². The monoisotopic (exact) mass is 414 g/mol. The van der Waals surface area contributed by atoms with Crippen molar-refractivity contribution in [3.05, 3.63) is 96.5 Å². The first-order valence-corrected chi connectivity index (χ1v) is 10.6. The highest BCUT2D eigenvalue weighted by molar-refractivity contribution is 5.95. The van der Waals surface area contributed by atoms with Crippen LogP contribution in [-0.4, -0.2) is 29.8 Å². The molecular weight excluding hydrogens is 388 g/mol. The fourth-order valence-electron chi connectivity index (χ4n) is 3.87. The maximum atomic E-state index is 13.4. The number of carbonyl (C=O) groups excluding carboxylic acids is 2. The van der Waals surface area contributed by atoms with Crippen LogP contribution in [0.5, 0.6) is 0 Å². The fraction of sp³-hybridized carbons (Fsp3) is 0.231. The minimum absolute atomic E-state index is 0.00902. The molecule has 0 atom stereocenters. The van der Waals surface area contributed by atoms with E-state index in [-0.39, 0.29) is 17.7 Å². The van der Waals surface area contributed by atoms with Gasteiger partial charge in [-0.05, 0) is 48.7 Å². The number of hydrogen-bond donors (Lipinski definition) is 0. The Bertz CT molecular complexity index is 1010.